The molecule has 0 radical (unpaired) electrons. The molecule has 1 aliphatic rings. The molecular weight excluding hydrogens is 364 g/mol. The Labute approximate surface area is 172 Å². The van der Waals surface area contributed by atoms with Crippen LogP contribution in [0.2, 0.25) is 0 Å². The van der Waals surface area contributed by atoms with Crippen LogP contribution < -0.4 is 15.4 Å². The first-order chi connectivity index (χ1) is 14.1. The average molecular weight is 395 g/mol. The molecule has 0 bridgehead atoms. The van der Waals surface area contributed by atoms with E-state index in [9.17, 15) is 9.59 Å². The highest BCUT2D eigenvalue weighted by molar-refractivity contribution is 5.96. The highest BCUT2D eigenvalue weighted by Gasteiger charge is 2.38. The highest BCUT2D eigenvalue weighted by Crippen LogP contribution is 2.43. The summed E-state index contributed by atoms with van der Waals surface area (Å²) in [7, 11) is 0. The SMILES string of the molecule is CCCCOc1ccc(C(=O)NCC(=O)NCC2(c3ccccc3)CCC2)cc1. The van der Waals surface area contributed by atoms with Crippen LogP contribution >= 0.6 is 0 Å². The van der Waals surface area contributed by atoms with Gasteiger partial charge in [0.1, 0.15) is 5.75 Å². The van der Waals surface area contributed by atoms with E-state index in [0.717, 1.165) is 31.4 Å². The van der Waals surface area contributed by atoms with Crippen molar-refractivity contribution in [3.8, 4) is 5.75 Å². The van der Waals surface area contributed by atoms with Gasteiger partial charge in [-0.15, -0.1) is 0 Å². The Morgan fingerprint density at radius 1 is 1.00 bits per heavy atom. The van der Waals surface area contributed by atoms with Crippen LogP contribution in [-0.4, -0.2) is 31.5 Å². The minimum Gasteiger partial charge on any atom is -0.494 e. The topological polar surface area (TPSA) is 67.4 Å². The summed E-state index contributed by atoms with van der Waals surface area (Å²) in [6, 6.07) is 17.3. The smallest absolute Gasteiger partial charge is 0.251 e. The fourth-order valence-corrected chi connectivity index (χ4v) is 3.59. The number of hydrogen-bond acceptors (Lipinski definition) is 3. The zero-order chi connectivity index (χ0) is 20.5. The van der Waals surface area contributed by atoms with Gasteiger partial charge >= 0.3 is 0 Å². The Morgan fingerprint density at radius 3 is 2.34 bits per heavy atom. The average Bonchev–Trinajstić information content (AvgIpc) is 2.73. The van der Waals surface area contributed by atoms with Gasteiger partial charge in [0.25, 0.3) is 5.91 Å². The number of nitrogens with one attached hydrogen (secondary N) is 2. The van der Waals surface area contributed by atoms with E-state index in [1.54, 1.807) is 24.3 Å². The molecule has 0 aliphatic heterocycles. The molecule has 29 heavy (non-hydrogen) atoms. The lowest BCUT2D eigenvalue weighted by molar-refractivity contribution is -0.120. The zero-order valence-corrected chi connectivity index (χ0v) is 17.1. The van der Waals surface area contributed by atoms with Crippen molar-refractivity contribution in [1.29, 1.82) is 0 Å². The van der Waals surface area contributed by atoms with E-state index in [1.807, 2.05) is 18.2 Å². The van der Waals surface area contributed by atoms with E-state index in [-0.39, 0.29) is 23.8 Å². The molecule has 2 amide bonds. The van der Waals surface area contributed by atoms with Crippen molar-refractivity contribution in [2.45, 2.75) is 44.4 Å². The van der Waals surface area contributed by atoms with Gasteiger partial charge in [0.2, 0.25) is 5.91 Å². The molecule has 3 rings (SSSR count). The van der Waals surface area contributed by atoms with Crippen molar-refractivity contribution < 1.29 is 14.3 Å². The minimum absolute atomic E-state index is 0.0293. The van der Waals surface area contributed by atoms with Gasteiger partial charge in [-0.3, -0.25) is 9.59 Å². The standard InChI is InChI=1S/C24H30N2O3/c1-2-3-16-29-21-12-10-19(11-13-21)23(28)25-17-22(27)26-18-24(14-7-15-24)20-8-5-4-6-9-20/h4-6,8-13H,2-3,7,14-18H2,1H3,(H,25,28)(H,26,27). The molecule has 2 aromatic carbocycles. The fraction of sp³-hybridized carbons (Fsp3) is 0.417. The Balaban J connectivity index is 1.44. The van der Waals surface area contributed by atoms with Crippen molar-refractivity contribution in [3.63, 3.8) is 0 Å². The van der Waals surface area contributed by atoms with Crippen molar-refractivity contribution in [1.82, 2.24) is 10.6 Å². The molecule has 2 aromatic rings. The van der Waals surface area contributed by atoms with E-state index in [1.165, 1.54) is 12.0 Å². The number of amides is 2. The van der Waals surface area contributed by atoms with Gasteiger partial charge in [0, 0.05) is 17.5 Å². The van der Waals surface area contributed by atoms with Crippen LogP contribution in [0.3, 0.4) is 0 Å². The first-order valence-corrected chi connectivity index (χ1v) is 10.5. The monoisotopic (exact) mass is 394 g/mol. The van der Waals surface area contributed by atoms with Crippen LogP contribution in [-0.2, 0) is 10.2 Å². The van der Waals surface area contributed by atoms with Gasteiger partial charge in [0.05, 0.1) is 13.2 Å². The normalized spacial score (nSPS) is 14.5. The molecule has 0 spiro atoms. The number of carbonyl (C=O) groups excluding carboxylic acids is 2. The van der Waals surface area contributed by atoms with Crippen LogP contribution in [0.1, 0.15) is 54.9 Å². The predicted octanol–water partition coefficient (Wildman–Crippen LogP) is 3.83. The second kappa shape index (κ2) is 10.1. The number of rotatable bonds is 10. The second-order valence-corrected chi connectivity index (χ2v) is 7.69. The second-order valence-electron chi connectivity index (χ2n) is 7.69. The molecule has 2 N–H and O–H groups in total. The lowest BCUT2D eigenvalue weighted by atomic mass is 9.64. The maximum Gasteiger partial charge on any atom is 0.251 e. The van der Waals surface area contributed by atoms with Crippen molar-refractivity contribution in [2.75, 3.05) is 19.7 Å². The molecule has 1 aliphatic carbocycles. The van der Waals surface area contributed by atoms with Gasteiger partial charge in [-0.2, -0.15) is 0 Å². The van der Waals surface area contributed by atoms with Gasteiger partial charge in [-0.25, -0.2) is 0 Å². The summed E-state index contributed by atoms with van der Waals surface area (Å²) < 4.78 is 5.60. The maximum atomic E-state index is 12.3. The highest BCUT2D eigenvalue weighted by atomic mass is 16.5. The van der Waals surface area contributed by atoms with Crippen LogP contribution in [0.15, 0.2) is 54.6 Å². The van der Waals surface area contributed by atoms with Crippen molar-refractivity contribution >= 4 is 11.8 Å². The number of carbonyl (C=O) groups is 2. The maximum absolute atomic E-state index is 12.3. The van der Waals surface area contributed by atoms with E-state index in [2.05, 4.69) is 29.7 Å². The Hall–Kier alpha value is -2.82. The first kappa shape index (κ1) is 20.9. The number of hydrogen-bond donors (Lipinski definition) is 2. The van der Waals surface area contributed by atoms with E-state index in [4.69, 9.17) is 4.74 Å². The molecule has 1 saturated carbocycles. The van der Waals surface area contributed by atoms with Crippen LogP contribution in [0.4, 0.5) is 0 Å². The minimum atomic E-state index is -0.262. The number of ether oxygens (including phenoxy) is 1. The zero-order valence-electron chi connectivity index (χ0n) is 17.1. The number of unbranched alkanes of at least 4 members (excludes halogenated alkanes) is 1. The Morgan fingerprint density at radius 2 is 1.72 bits per heavy atom. The van der Waals surface area contributed by atoms with E-state index < -0.39 is 0 Å². The lowest BCUT2D eigenvalue weighted by Gasteiger charge is -2.42. The van der Waals surface area contributed by atoms with Crippen LogP contribution in [0, 0.1) is 0 Å². The summed E-state index contributed by atoms with van der Waals surface area (Å²) in [5, 5.41) is 5.69. The molecular formula is C24H30N2O3. The van der Waals surface area contributed by atoms with Crippen molar-refractivity contribution in [2.24, 2.45) is 0 Å². The van der Waals surface area contributed by atoms with E-state index >= 15 is 0 Å². The Bertz CT molecular complexity index is 799. The largest absolute Gasteiger partial charge is 0.494 e. The van der Waals surface area contributed by atoms with Gasteiger partial charge in [0.15, 0.2) is 0 Å². The summed E-state index contributed by atoms with van der Waals surface area (Å²) in [5.74, 6) is 0.321. The molecule has 0 aromatic heterocycles. The summed E-state index contributed by atoms with van der Waals surface area (Å²) in [4.78, 5) is 24.5. The molecule has 1 fully saturated rings. The molecule has 5 heteroatoms. The summed E-state index contributed by atoms with van der Waals surface area (Å²) in [6.45, 7) is 3.36. The van der Waals surface area contributed by atoms with Crippen LogP contribution in [0.25, 0.3) is 0 Å². The van der Waals surface area contributed by atoms with Gasteiger partial charge in [-0.05, 0) is 49.1 Å². The first-order valence-electron chi connectivity index (χ1n) is 10.5. The van der Waals surface area contributed by atoms with Gasteiger partial charge < -0.3 is 15.4 Å². The third-order valence-corrected chi connectivity index (χ3v) is 5.61. The third-order valence-electron chi connectivity index (χ3n) is 5.61. The molecule has 0 heterocycles. The lowest BCUT2D eigenvalue weighted by Crippen LogP contribution is -2.47. The summed E-state index contributed by atoms with van der Waals surface area (Å²) >= 11 is 0. The molecule has 0 atom stereocenters. The fourth-order valence-electron chi connectivity index (χ4n) is 3.59. The summed E-state index contributed by atoms with van der Waals surface area (Å²) in [6.07, 6.45) is 5.42. The predicted molar refractivity (Wildman–Crippen MR) is 114 cm³/mol. The van der Waals surface area contributed by atoms with Crippen LogP contribution in [0.5, 0.6) is 5.75 Å². The Kier molecular flexibility index (Phi) is 7.28. The third kappa shape index (κ3) is 5.59. The molecule has 154 valence electrons. The molecule has 5 nitrogen and oxygen atoms in total. The number of benzene rings is 2. The van der Waals surface area contributed by atoms with Gasteiger partial charge in [-0.1, -0.05) is 50.1 Å². The quantitative estimate of drug-likeness (QED) is 0.602. The van der Waals surface area contributed by atoms with Crippen molar-refractivity contribution in [3.05, 3.63) is 65.7 Å². The van der Waals surface area contributed by atoms with E-state index in [0.29, 0.717) is 18.7 Å². The molecule has 0 saturated heterocycles. The summed E-state index contributed by atoms with van der Waals surface area (Å²) in [5.41, 5.74) is 1.83. The molecule has 0 unspecified atom stereocenters.